The minimum absolute atomic E-state index is 0.302. The van der Waals surface area contributed by atoms with Crippen molar-refractivity contribution in [3.05, 3.63) is 94.0 Å². The Kier molecular flexibility index (Phi) is 7.63. The maximum Gasteiger partial charge on any atom is 0.343 e. The second-order valence-corrected chi connectivity index (χ2v) is 7.22. The molecule has 0 fully saturated rings. The fraction of sp³-hybridized carbons (Fsp3) is 0.167. The van der Waals surface area contributed by atoms with Crippen molar-refractivity contribution < 1.29 is 23.8 Å². The third kappa shape index (κ3) is 5.94. The molecule has 0 atom stereocenters. The summed E-state index contributed by atoms with van der Waals surface area (Å²) in [6.45, 7) is 2.57. The average molecular weight is 469 g/mol. The van der Waals surface area contributed by atoms with Crippen LogP contribution in [0.2, 0.25) is 0 Å². The standard InChI is InChI=1S/C24H21BrO5/c1-2-28-23(26)18-8-11-20(12-9-18)30-24(27)19-10-13-22(21(25)16-19)29-15-14-17-6-4-3-5-7-17/h3-13,16H,2,14-15H2,1H3. The van der Waals surface area contributed by atoms with Gasteiger partial charge in [0.15, 0.2) is 0 Å². The summed E-state index contributed by atoms with van der Waals surface area (Å²) in [7, 11) is 0. The van der Waals surface area contributed by atoms with Gasteiger partial charge in [-0.05, 0) is 70.9 Å². The Labute approximate surface area is 183 Å². The fourth-order valence-corrected chi connectivity index (χ4v) is 3.20. The molecule has 0 radical (unpaired) electrons. The van der Waals surface area contributed by atoms with E-state index in [1.54, 1.807) is 49.4 Å². The highest BCUT2D eigenvalue weighted by Gasteiger charge is 2.13. The van der Waals surface area contributed by atoms with Crippen LogP contribution in [0.5, 0.6) is 11.5 Å². The van der Waals surface area contributed by atoms with Crippen LogP contribution in [0.15, 0.2) is 77.3 Å². The highest BCUT2D eigenvalue weighted by Crippen LogP contribution is 2.27. The molecule has 0 heterocycles. The first-order valence-electron chi connectivity index (χ1n) is 9.52. The van der Waals surface area contributed by atoms with Crippen molar-refractivity contribution in [2.75, 3.05) is 13.2 Å². The minimum atomic E-state index is -0.504. The van der Waals surface area contributed by atoms with Gasteiger partial charge in [-0.25, -0.2) is 9.59 Å². The molecule has 3 aromatic rings. The second kappa shape index (κ2) is 10.6. The number of hydrogen-bond acceptors (Lipinski definition) is 5. The lowest BCUT2D eigenvalue weighted by molar-refractivity contribution is 0.0526. The van der Waals surface area contributed by atoms with Gasteiger partial charge in [-0.1, -0.05) is 30.3 Å². The molecule has 0 N–H and O–H groups in total. The topological polar surface area (TPSA) is 61.8 Å². The van der Waals surface area contributed by atoms with Crippen LogP contribution in [0.1, 0.15) is 33.2 Å². The van der Waals surface area contributed by atoms with Crippen molar-refractivity contribution in [1.29, 1.82) is 0 Å². The number of hydrogen-bond donors (Lipinski definition) is 0. The molecular weight excluding hydrogens is 448 g/mol. The number of rotatable bonds is 8. The zero-order valence-corrected chi connectivity index (χ0v) is 18.1. The van der Waals surface area contributed by atoms with E-state index in [4.69, 9.17) is 14.2 Å². The molecule has 0 bridgehead atoms. The van der Waals surface area contributed by atoms with Crippen molar-refractivity contribution in [3.63, 3.8) is 0 Å². The van der Waals surface area contributed by atoms with Crippen molar-refractivity contribution in [3.8, 4) is 11.5 Å². The Morgan fingerprint density at radius 3 is 2.23 bits per heavy atom. The smallest absolute Gasteiger partial charge is 0.343 e. The van der Waals surface area contributed by atoms with Gasteiger partial charge in [0.2, 0.25) is 0 Å². The summed E-state index contributed by atoms with van der Waals surface area (Å²) in [6, 6.07) is 21.3. The molecule has 154 valence electrons. The predicted molar refractivity (Wildman–Crippen MR) is 117 cm³/mol. The summed E-state index contributed by atoms with van der Waals surface area (Å²) in [5.41, 5.74) is 1.98. The molecule has 3 rings (SSSR count). The van der Waals surface area contributed by atoms with E-state index in [0.717, 1.165) is 6.42 Å². The van der Waals surface area contributed by atoms with E-state index in [0.29, 0.717) is 40.3 Å². The monoisotopic (exact) mass is 468 g/mol. The molecule has 0 aromatic heterocycles. The minimum Gasteiger partial charge on any atom is -0.492 e. The predicted octanol–water partition coefficient (Wildman–Crippen LogP) is 5.47. The molecule has 0 saturated heterocycles. The van der Waals surface area contributed by atoms with Crippen LogP contribution in [-0.4, -0.2) is 25.2 Å². The third-order valence-corrected chi connectivity index (χ3v) is 4.85. The van der Waals surface area contributed by atoms with Crippen LogP contribution in [-0.2, 0) is 11.2 Å². The van der Waals surface area contributed by atoms with E-state index in [2.05, 4.69) is 28.1 Å². The molecule has 0 aliphatic carbocycles. The van der Waals surface area contributed by atoms with Crippen LogP contribution in [0.4, 0.5) is 0 Å². The summed E-state index contributed by atoms with van der Waals surface area (Å²) < 4.78 is 16.8. The van der Waals surface area contributed by atoms with Gasteiger partial charge >= 0.3 is 11.9 Å². The first-order chi connectivity index (χ1) is 14.6. The van der Waals surface area contributed by atoms with Crippen molar-refractivity contribution >= 4 is 27.9 Å². The Morgan fingerprint density at radius 1 is 0.867 bits per heavy atom. The van der Waals surface area contributed by atoms with E-state index < -0.39 is 11.9 Å². The average Bonchev–Trinajstić information content (AvgIpc) is 2.76. The maximum absolute atomic E-state index is 12.4. The zero-order chi connectivity index (χ0) is 21.3. The normalized spacial score (nSPS) is 10.3. The molecule has 0 unspecified atom stereocenters. The van der Waals surface area contributed by atoms with E-state index in [1.807, 2.05) is 18.2 Å². The largest absolute Gasteiger partial charge is 0.492 e. The molecule has 0 amide bonds. The van der Waals surface area contributed by atoms with Gasteiger partial charge in [0.25, 0.3) is 0 Å². The van der Waals surface area contributed by atoms with E-state index in [1.165, 1.54) is 5.56 Å². The molecule has 5 nitrogen and oxygen atoms in total. The van der Waals surface area contributed by atoms with Gasteiger partial charge < -0.3 is 14.2 Å². The van der Waals surface area contributed by atoms with Crippen LogP contribution in [0.3, 0.4) is 0 Å². The van der Waals surface area contributed by atoms with Gasteiger partial charge in [0, 0.05) is 6.42 Å². The van der Waals surface area contributed by atoms with Gasteiger partial charge in [-0.2, -0.15) is 0 Å². The van der Waals surface area contributed by atoms with Gasteiger partial charge in [-0.15, -0.1) is 0 Å². The molecule has 30 heavy (non-hydrogen) atoms. The Balaban J connectivity index is 1.57. The lowest BCUT2D eigenvalue weighted by Crippen LogP contribution is -2.09. The van der Waals surface area contributed by atoms with Crippen LogP contribution in [0.25, 0.3) is 0 Å². The lowest BCUT2D eigenvalue weighted by Gasteiger charge is -2.10. The number of benzene rings is 3. The second-order valence-electron chi connectivity index (χ2n) is 6.36. The Bertz CT molecular complexity index is 1000. The molecule has 0 spiro atoms. The van der Waals surface area contributed by atoms with Gasteiger partial charge in [0.05, 0.1) is 28.8 Å². The van der Waals surface area contributed by atoms with Crippen molar-refractivity contribution in [2.24, 2.45) is 0 Å². The van der Waals surface area contributed by atoms with Crippen LogP contribution in [0, 0.1) is 0 Å². The van der Waals surface area contributed by atoms with E-state index in [-0.39, 0.29) is 0 Å². The van der Waals surface area contributed by atoms with Gasteiger partial charge in [-0.3, -0.25) is 0 Å². The number of ether oxygens (including phenoxy) is 3. The Morgan fingerprint density at radius 2 is 1.57 bits per heavy atom. The number of esters is 2. The van der Waals surface area contributed by atoms with Crippen molar-refractivity contribution in [1.82, 2.24) is 0 Å². The molecule has 0 saturated carbocycles. The molecule has 6 heteroatoms. The number of halogens is 1. The highest BCUT2D eigenvalue weighted by molar-refractivity contribution is 9.10. The number of carbonyl (C=O) groups is 2. The van der Waals surface area contributed by atoms with Crippen LogP contribution < -0.4 is 9.47 Å². The number of carbonyl (C=O) groups excluding carboxylic acids is 2. The molecular formula is C24H21BrO5. The summed E-state index contributed by atoms with van der Waals surface area (Å²) in [5.74, 6) is 0.0752. The maximum atomic E-state index is 12.4. The summed E-state index contributed by atoms with van der Waals surface area (Å²) in [6.07, 6.45) is 0.791. The first kappa shape index (κ1) is 21.6. The fourth-order valence-electron chi connectivity index (χ4n) is 2.71. The zero-order valence-electron chi connectivity index (χ0n) is 16.5. The Hall–Kier alpha value is -3.12. The lowest BCUT2D eigenvalue weighted by atomic mass is 10.2. The quantitative estimate of drug-likeness (QED) is 0.324. The van der Waals surface area contributed by atoms with Gasteiger partial charge in [0.1, 0.15) is 11.5 Å². The first-order valence-corrected chi connectivity index (χ1v) is 10.3. The SMILES string of the molecule is CCOC(=O)c1ccc(OC(=O)c2ccc(OCCc3ccccc3)c(Br)c2)cc1. The van der Waals surface area contributed by atoms with Crippen molar-refractivity contribution in [2.45, 2.75) is 13.3 Å². The molecule has 0 aliphatic heterocycles. The summed E-state index contributed by atoms with van der Waals surface area (Å²) in [4.78, 5) is 24.1. The highest BCUT2D eigenvalue weighted by atomic mass is 79.9. The summed E-state index contributed by atoms with van der Waals surface area (Å²) in [5, 5.41) is 0. The van der Waals surface area contributed by atoms with E-state index in [9.17, 15) is 9.59 Å². The molecule has 3 aromatic carbocycles. The third-order valence-electron chi connectivity index (χ3n) is 4.23. The molecule has 0 aliphatic rings. The van der Waals surface area contributed by atoms with E-state index >= 15 is 0 Å². The van der Waals surface area contributed by atoms with Crippen LogP contribution >= 0.6 is 15.9 Å². The summed E-state index contributed by atoms with van der Waals surface area (Å²) >= 11 is 3.44.